The summed E-state index contributed by atoms with van der Waals surface area (Å²) in [7, 11) is 0. The topological polar surface area (TPSA) is 42.4 Å². The molecule has 1 aromatic rings. The van der Waals surface area contributed by atoms with Gasteiger partial charge in [-0.2, -0.15) is 0 Å². The van der Waals surface area contributed by atoms with Crippen LogP contribution in [0.1, 0.15) is 18.6 Å². The maximum atomic E-state index is 9.29. The number of aromatic nitrogens is 1. The van der Waals surface area contributed by atoms with Crippen molar-refractivity contribution in [2.45, 2.75) is 23.3 Å². The Balaban J connectivity index is 1.98. The van der Waals surface area contributed by atoms with Crippen LogP contribution in [0.25, 0.3) is 0 Å². The molecule has 1 N–H and O–H groups in total. The Morgan fingerprint density at radius 1 is 1.57 bits per heavy atom. The van der Waals surface area contributed by atoms with E-state index in [-0.39, 0.29) is 0 Å². The van der Waals surface area contributed by atoms with Crippen LogP contribution in [0.15, 0.2) is 23.4 Å². The summed E-state index contributed by atoms with van der Waals surface area (Å²) in [5, 5.41) is 10.8. The first-order valence-corrected chi connectivity index (χ1v) is 5.52. The van der Waals surface area contributed by atoms with Crippen molar-refractivity contribution in [1.82, 2.24) is 4.98 Å². The average molecular weight is 211 g/mol. The van der Waals surface area contributed by atoms with Crippen molar-refractivity contribution in [2.75, 3.05) is 13.2 Å². The van der Waals surface area contributed by atoms with Crippen LogP contribution in [-0.4, -0.2) is 28.6 Å². The van der Waals surface area contributed by atoms with E-state index in [9.17, 15) is 5.11 Å². The Morgan fingerprint density at radius 3 is 2.79 bits per heavy atom. The van der Waals surface area contributed by atoms with E-state index in [1.54, 1.807) is 24.9 Å². The molecule has 1 aromatic heterocycles. The molecule has 0 amide bonds. The molecule has 1 atom stereocenters. The monoisotopic (exact) mass is 211 g/mol. The molecule has 2 rings (SSSR count). The third-order valence-corrected chi connectivity index (χ3v) is 3.23. The van der Waals surface area contributed by atoms with E-state index in [0.717, 1.165) is 23.8 Å². The number of aliphatic hydroxyl groups excluding tert-OH is 1. The fourth-order valence-electron chi connectivity index (χ4n) is 1.16. The second-order valence-electron chi connectivity index (χ2n) is 3.38. The summed E-state index contributed by atoms with van der Waals surface area (Å²) in [6.45, 7) is 3.39. The van der Waals surface area contributed by atoms with Crippen LogP contribution in [0.2, 0.25) is 0 Å². The highest BCUT2D eigenvalue weighted by atomic mass is 32.2. The Morgan fingerprint density at radius 2 is 2.36 bits per heavy atom. The summed E-state index contributed by atoms with van der Waals surface area (Å²) >= 11 is 1.73. The molecule has 1 aliphatic rings. The summed E-state index contributed by atoms with van der Waals surface area (Å²) in [4.78, 5) is 4.27. The van der Waals surface area contributed by atoms with Gasteiger partial charge in [-0.1, -0.05) is 17.8 Å². The normalized spacial score (nSPS) is 19.0. The molecule has 2 heterocycles. The van der Waals surface area contributed by atoms with Crippen LogP contribution < -0.4 is 0 Å². The van der Waals surface area contributed by atoms with Crippen LogP contribution in [0.5, 0.6) is 0 Å². The molecule has 0 saturated carbocycles. The van der Waals surface area contributed by atoms with Crippen LogP contribution in [0.3, 0.4) is 0 Å². The van der Waals surface area contributed by atoms with Gasteiger partial charge in [-0.05, 0) is 18.6 Å². The molecule has 0 aliphatic carbocycles. The van der Waals surface area contributed by atoms with Gasteiger partial charge < -0.3 is 9.84 Å². The highest BCUT2D eigenvalue weighted by Crippen LogP contribution is 2.26. The van der Waals surface area contributed by atoms with Gasteiger partial charge in [0.05, 0.1) is 29.6 Å². The van der Waals surface area contributed by atoms with Gasteiger partial charge in [-0.3, -0.25) is 0 Å². The minimum atomic E-state index is -0.436. The van der Waals surface area contributed by atoms with Crippen molar-refractivity contribution in [3.05, 3.63) is 23.9 Å². The average Bonchev–Trinajstić information content (AvgIpc) is 2.12. The molecule has 0 spiro atoms. The van der Waals surface area contributed by atoms with E-state index < -0.39 is 6.10 Å². The Bertz CT molecular complexity index is 295. The van der Waals surface area contributed by atoms with Crippen LogP contribution >= 0.6 is 11.8 Å². The van der Waals surface area contributed by atoms with Crippen LogP contribution in [-0.2, 0) is 4.74 Å². The lowest BCUT2D eigenvalue weighted by Crippen LogP contribution is -2.30. The first-order chi connectivity index (χ1) is 6.75. The van der Waals surface area contributed by atoms with E-state index in [0.29, 0.717) is 5.25 Å². The predicted octanol–water partition coefficient (Wildman–Crippen LogP) is 1.63. The van der Waals surface area contributed by atoms with Gasteiger partial charge in [0.15, 0.2) is 0 Å². The quantitative estimate of drug-likeness (QED) is 0.825. The highest BCUT2D eigenvalue weighted by Gasteiger charge is 2.19. The Hall–Kier alpha value is -0.580. The van der Waals surface area contributed by atoms with Gasteiger partial charge in [-0.15, -0.1) is 0 Å². The minimum Gasteiger partial charge on any atom is -0.389 e. The summed E-state index contributed by atoms with van der Waals surface area (Å²) in [5.41, 5.74) is 0.860. The summed E-state index contributed by atoms with van der Waals surface area (Å²) in [6, 6.07) is 3.87. The zero-order valence-electron chi connectivity index (χ0n) is 8.01. The second-order valence-corrected chi connectivity index (χ2v) is 4.70. The number of aliphatic hydroxyl groups is 1. The lowest BCUT2D eigenvalue weighted by molar-refractivity contribution is 0.0454. The first kappa shape index (κ1) is 9.96. The van der Waals surface area contributed by atoms with Crippen molar-refractivity contribution in [3.63, 3.8) is 0 Å². The van der Waals surface area contributed by atoms with Gasteiger partial charge in [0.2, 0.25) is 0 Å². The summed E-state index contributed by atoms with van der Waals surface area (Å²) < 4.78 is 5.08. The number of rotatable bonds is 3. The van der Waals surface area contributed by atoms with Crippen molar-refractivity contribution in [2.24, 2.45) is 0 Å². The fourth-order valence-corrected chi connectivity index (χ4v) is 2.09. The third-order valence-electron chi connectivity index (χ3n) is 2.14. The van der Waals surface area contributed by atoms with E-state index in [1.807, 2.05) is 12.1 Å². The number of hydrogen-bond donors (Lipinski definition) is 1. The van der Waals surface area contributed by atoms with Gasteiger partial charge in [0, 0.05) is 6.20 Å². The number of hydrogen-bond acceptors (Lipinski definition) is 4. The number of nitrogens with zero attached hydrogens (tertiary/aromatic N) is 1. The first-order valence-electron chi connectivity index (χ1n) is 4.64. The Labute approximate surface area is 87.5 Å². The molecule has 0 radical (unpaired) electrons. The lowest BCUT2D eigenvalue weighted by Gasteiger charge is -2.24. The molecule has 1 saturated heterocycles. The third kappa shape index (κ3) is 2.26. The maximum Gasteiger partial charge on any atom is 0.0964 e. The largest absolute Gasteiger partial charge is 0.389 e. The van der Waals surface area contributed by atoms with E-state index in [1.165, 1.54) is 0 Å². The summed E-state index contributed by atoms with van der Waals surface area (Å²) in [6.07, 6.45) is 1.29. The summed E-state index contributed by atoms with van der Waals surface area (Å²) in [5.74, 6) is 0. The molecule has 0 bridgehead atoms. The highest BCUT2D eigenvalue weighted by molar-refractivity contribution is 8.00. The second kappa shape index (κ2) is 4.29. The zero-order valence-corrected chi connectivity index (χ0v) is 8.83. The van der Waals surface area contributed by atoms with Gasteiger partial charge in [-0.25, -0.2) is 4.98 Å². The molecule has 4 heteroatoms. The fraction of sp³-hybridized carbons (Fsp3) is 0.500. The molecule has 3 nitrogen and oxygen atoms in total. The van der Waals surface area contributed by atoms with Gasteiger partial charge >= 0.3 is 0 Å². The molecule has 14 heavy (non-hydrogen) atoms. The minimum absolute atomic E-state index is 0.436. The van der Waals surface area contributed by atoms with Crippen molar-refractivity contribution >= 4 is 11.8 Å². The molecular formula is C10H13NO2S. The van der Waals surface area contributed by atoms with E-state index >= 15 is 0 Å². The molecule has 1 unspecified atom stereocenters. The smallest absolute Gasteiger partial charge is 0.0964 e. The number of ether oxygens (including phenoxy) is 1. The molecule has 1 fully saturated rings. The van der Waals surface area contributed by atoms with Gasteiger partial charge in [0.1, 0.15) is 0 Å². The van der Waals surface area contributed by atoms with Gasteiger partial charge in [0.25, 0.3) is 0 Å². The predicted molar refractivity (Wildman–Crippen MR) is 55.3 cm³/mol. The standard InChI is InChI=1S/C10H13NO2S/c1-7(12)8-2-3-10(11-4-8)14-9-5-13-6-9/h2-4,7,9,12H,5-6H2,1H3. The lowest BCUT2D eigenvalue weighted by atomic mass is 10.2. The number of thioether (sulfide) groups is 1. The molecule has 1 aliphatic heterocycles. The van der Waals surface area contributed by atoms with Crippen molar-refractivity contribution < 1.29 is 9.84 Å². The SMILES string of the molecule is CC(O)c1ccc(SC2COC2)nc1. The van der Waals surface area contributed by atoms with Crippen molar-refractivity contribution in [3.8, 4) is 0 Å². The molecule has 0 aromatic carbocycles. The maximum absolute atomic E-state index is 9.29. The van der Waals surface area contributed by atoms with E-state index in [4.69, 9.17) is 4.74 Å². The Kier molecular flexibility index (Phi) is 3.05. The van der Waals surface area contributed by atoms with Crippen molar-refractivity contribution in [1.29, 1.82) is 0 Å². The van der Waals surface area contributed by atoms with E-state index in [2.05, 4.69) is 4.98 Å². The van der Waals surface area contributed by atoms with Crippen LogP contribution in [0, 0.1) is 0 Å². The van der Waals surface area contributed by atoms with Crippen LogP contribution in [0.4, 0.5) is 0 Å². The molecule has 76 valence electrons. The number of pyridine rings is 1. The zero-order chi connectivity index (χ0) is 9.97. The molecular weight excluding hydrogens is 198 g/mol.